The predicted octanol–water partition coefficient (Wildman–Crippen LogP) is 5.00. The number of ketones is 1. The second-order valence-electron chi connectivity index (χ2n) is 8.63. The van der Waals surface area contributed by atoms with Crippen molar-refractivity contribution in [2.75, 3.05) is 0 Å². The number of alkyl halides is 1. The van der Waals surface area contributed by atoms with E-state index in [9.17, 15) is 4.79 Å². The SMILES string of the molecule is C[C@@]12CCC[C@H]1[C@@H]1CCC3=CC(=O)CC[C@]3(C)[C@@]1(F)CC2. The Labute approximate surface area is 127 Å². The van der Waals surface area contributed by atoms with Crippen LogP contribution in [-0.2, 0) is 4.79 Å². The molecule has 0 radical (unpaired) electrons. The van der Waals surface area contributed by atoms with Gasteiger partial charge in [0.25, 0.3) is 0 Å². The minimum Gasteiger partial charge on any atom is -0.295 e. The van der Waals surface area contributed by atoms with Crippen molar-refractivity contribution in [2.45, 2.75) is 77.3 Å². The molecule has 0 saturated heterocycles. The largest absolute Gasteiger partial charge is 0.295 e. The monoisotopic (exact) mass is 290 g/mol. The van der Waals surface area contributed by atoms with Crippen LogP contribution in [0.4, 0.5) is 4.39 Å². The lowest BCUT2D eigenvalue weighted by molar-refractivity contribution is -0.141. The van der Waals surface area contributed by atoms with Crippen LogP contribution in [0.1, 0.15) is 71.6 Å². The zero-order chi connectivity index (χ0) is 14.9. The van der Waals surface area contributed by atoms with E-state index in [1.807, 2.05) is 0 Å². The number of hydrogen-bond donors (Lipinski definition) is 0. The van der Waals surface area contributed by atoms with E-state index < -0.39 is 5.67 Å². The minimum atomic E-state index is -1.06. The summed E-state index contributed by atoms with van der Waals surface area (Å²) in [7, 11) is 0. The Bertz CT molecular complexity index is 524. The van der Waals surface area contributed by atoms with Crippen LogP contribution >= 0.6 is 0 Å². The second-order valence-corrected chi connectivity index (χ2v) is 8.63. The maximum Gasteiger partial charge on any atom is 0.155 e. The van der Waals surface area contributed by atoms with Crippen molar-refractivity contribution in [1.29, 1.82) is 0 Å². The van der Waals surface area contributed by atoms with Gasteiger partial charge in [0.1, 0.15) is 5.67 Å². The van der Waals surface area contributed by atoms with E-state index in [0.717, 1.165) is 31.3 Å². The van der Waals surface area contributed by atoms with Crippen molar-refractivity contribution in [3.63, 3.8) is 0 Å². The first kappa shape index (κ1) is 14.0. The molecule has 0 aromatic carbocycles. The van der Waals surface area contributed by atoms with Crippen molar-refractivity contribution in [3.05, 3.63) is 11.6 Å². The Balaban J connectivity index is 1.77. The van der Waals surface area contributed by atoms with Crippen LogP contribution in [0.3, 0.4) is 0 Å². The highest BCUT2D eigenvalue weighted by atomic mass is 19.1. The normalized spacial score (nSPS) is 52.7. The Morgan fingerprint density at radius 3 is 2.67 bits per heavy atom. The standard InChI is InChI=1S/C19H27FO/c1-17-8-3-4-15(17)16-6-5-13-12-14(21)7-9-18(13,2)19(16,20)11-10-17/h12,15-16H,3-11H2,1-2H3/t15-,16-,17-,18-,19+/m0/s1. The molecule has 0 spiro atoms. The molecular weight excluding hydrogens is 263 g/mol. The van der Waals surface area contributed by atoms with Crippen LogP contribution in [-0.4, -0.2) is 11.5 Å². The molecule has 3 saturated carbocycles. The summed E-state index contributed by atoms with van der Waals surface area (Å²) in [6.07, 6.45) is 10.5. The maximum atomic E-state index is 16.3. The van der Waals surface area contributed by atoms with Crippen molar-refractivity contribution in [1.82, 2.24) is 0 Å². The number of carbonyl (C=O) groups is 1. The van der Waals surface area contributed by atoms with Gasteiger partial charge in [-0.1, -0.05) is 25.8 Å². The zero-order valence-electron chi connectivity index (χ0n) is 13.4. The third-order valence-electron chi connectivity index (χ3n) is 7.85. The van der Waals surface area contributed by atoms with Crippen LogP contribution in [0, 0.1) is 22.7 Å². The van der Waals surface area contributed by atoms with Crippen LogP contribution in [0.2, 0.25) is 0 Å². The summed E-state index contributed by atoms with van der Waals surface area (Å²) >= 11 is 0. The average Bonchev–Trinajstić information content (AvgIpc) is 2.83. The molecule has 5 atom stereocenters. The molecule has 2 heteroatoms. The van der Waals surface area contributed by atoms with Crippen molar-refractivity contribution in [2.24, 2.45) is 22.7 Å². The topological polar surface area (TPSA) is 17.1 Å². The van der Waals surface area contributed by atoms with Gasteiger partial charge in [0.15, 0.2) is 5.78 Å². The first-order valence-corrected chi connectivity index (χ1v) is 8.82. The molecule has 0 unspecified atom stereocenters. The molecule has 4 rings (SSSR count). The highest BCUT2D eigenvalue weighted by Gasteiger charge is 2.65. The van der Waals surface area contributed by atoms with Crippen LogP contribution in [0.15, 0.2) is 11.6 Å². The van der Waals surface area contributed by atoms with E-state index in [1.54, 1.807) is 6.08 Å². The molecule has 3 fully saturated rings. The van der Waals surface area contributed by atoms with Gasteiger partial charge in [0.05, 0.1) is 0 Å². The molecule has 21 heavy (non-hydrogen) atoms. The molecule has 4 aliphatic rings. The lowest BCUT2D eigenvalue weighted by Crippen LogP contribution is -2.60. The Morgan fingerprint density at radius 2 is 1.86 bits per heavy atom. The molecular formula is C19H27FO. The molecule has 0 bridgehead atoms. The van der Waals surface area contributed by atoms with E-state index in [2.05, 4.69) is 13.8 Å². The number of rotatable bonds is 0. The van der Waals surface area contributed by atoms with Crippen molar-refractivity contribution in [3.8, 4) is 0 Å². The molecule has 0 aromatic rings. The van der Waals surface area contributed by atoms with Crippen molar-refractivity contribution >= 4 is 5.78 Å². The quantitative estimate of drug-likeness (QED) is 0.613. The Kier molecular flexibility index (Phi) is 2.80. The summed E-state index contributed by atoms with van der Waals surface area (Å²) in [6, 6.07) is 0. The van der Waals surface area contributed by atoms with Crippen LogP contribution in [0.5, 0.6) is 0 Å². The summed E-state index contributed by atoms with van der Waals surface area (Å²) in [6.45, 7) is 4.53. The average molecular weight is 290 g/mol. The number of allylic oxidation sites excluding steroid dienone is 1. The summed E-state index contributed by atoms with van der Waals surface area (Å²) in [5, 5.41) is 0. The molecule has 0 aliphatic heterocycles. The summed E-state index contributed by atoms with van der Waals surface area (Å²) in [5.41, 5.74) is 0.0848. The number of hydrogen-bond acceptors (Lipinski definition) is 1. The summed E-state index contributed by atoms with van der Waals surface area (Å²) in [4.78, 5) is 11.8. The predicted molar refractivity (Wildman–Crippen MR) is 81.7 cm³/mol. The fraction of sp³-hybridized carbons (Fsp3) is 0.842. The number of carbonyl (C=O) groups excluding carboxylic acids is 1. The van der Waals surface area contributed by atoms with Crippen LogP contribution < -0.4 is 0 Å². The number of fused-ring (bicyclic) bond motifs is 5. The first-order valence-electron chi connectivity index (χ1n) is 8.82. The van der Waals surface area contributed by atoms with Gasteiger partial charge in [0.2, 0.25) is 0 Å². The first-order chi connectivity index (χ1) is 9.89. The van der Waals surface area contributed by atoms with E-state index in [1.165, 1.54) is 19.3 Å². The fourth-order valence-electron chi connectivity index (χ4n) is 6.44. The Hall–Kier alpha value is -0.660. The van der Waals surface area contributed by atoms with Crippen molar-refractivity contribution < 1.29 is 9.18 Å². The lowest BCUT2D eigenvalue weighted by atomic mass is 9.46. The smallest absolute Gasteiger partial charge is 0.155 e. The van der Waals surface area contributed by atoms with Gasteiger partial charge in [-0.25, -0.2) is 4.39 Å². The molecule has 0 heterocycles. The lowest BCUT2D eigenvalue weighted by Gasteiger charge is -2.60. The third-order valence-corrected chi connectivity index (χ3v) is 7.85. The zero-order valence-corrected chi connectivity index (χ0v) is 13.4. The van der Waals surface area contributed by atoms with E-state index in [0.29, 0.717) is 24.2 Å². The third kappa shape index (κ3) is 1.65. The van der Waals surface area contributed by atoms with Gasteiger partial charge in [0, 0.05) is 11.8 Å². The maximum absolute atomic E-state index is 16.3. The molecule has 0 amide bonds. The van der Waals surface area contributed by atoms with E-state index in [4.69, 9.17) is 0 Å². The van der Waals surface area contributed by atoms with Gasteiger partial charge in [-0.15, -0.1) is 0 Å². The van der Waals surface area contributed by atoms with E-state index in [-0.39, 0.29) is 17.1 Å². The molecule has 0 aromatic heterocycles. The fourth-order valence-corrected chi connectivity index (χ4v) is 6.44. The second kappa shape index (κ2) is 4.20. The van der Waals surface area contributed by atoms with Gasteiger partial charge >= 0.3 is 0 Å². The van der Waals surface area contributed by atoms with Gasteiger partial charge in [-0.05, 0) is 68.3 Å². The summed E-state index contributed by atoms with van der Waals surface area (Å²) in [5.74, 6) is 1.02. The molecule has 1 nitrogen and oxygen atoms in total. The minimum absolute atomic E-state index is 0.214. The highest BCUT2D eigenvalue weighted by molar-refractivity contribution is 5.91. The Morgan fingerprint density at radius 1 is 1.05 bits per heavy atom. The van der Waals surface area contributed by atoms with Crippen LogP contribution in [0.25, 0.3) is 0 Å². The molecule has 0 N–H and O–H groups in total. The highest BCUT2D eigenvalue weighted by Crippen LogP contribution is 2.68. The number of halogens is 1. The van der Waals surface area contributed by atoms with Gasteiger partial charge < -0.3 is 0 Å². The van der Waals surface area contributed by atoms with Gasteiger partial charge in [-0.2, -0.15) is 0 Å². The van der Waals surface area contributed by atoms with Gasteiger partial charge in [-0.3, -0.25) is 4.79 Å². The van der Waals surface area contributed by atoms with E-state index >= 15 is 4.39 Å². The molecule has 116 valence electrons. The summed E-state index contributed by atoms with van der Waals surface area (Å²) < 4.78 is 16.3. The molecule has 4 aliphatic carbocycles.